The number of thioether (sulfide) groups is 1. The molecule has 1 atom stereocenters. The van der Waals surface area contributed by atoms with E-state index >= 15 is 0 Å². The van der Waals surface area contributed by atoms with Crippen LogP contribution in [0, 0.1) is 5.92 Å². The van der Waals surface area contributed by atoms with E-state index in [4.69, 9.17) is 0 Å². The lowest BCUT2D eigenvalue weighted by Crippen LogP contribution is -2.46. The van der Waals surface area contributed by atoms with Gasteiger partial charge in [0.1, 0.15) is 0 Å². The Labute approximate surface area is 171 Å². The SMILES string of the molecule is CSc1ccc(CNC(=O)[C@@H]2CCC(=O)N(CCCc3ccccc3)C2)cc1. The first-order valence-corrected chi connectivity index (χ1v) is 11.1. The Bertz CT molecular complexity index is 777. The summed E-state index contributed by atoms with van der Waals surface area (Å²) in [5.74, 6) is 0.110. The average molecular weight is 397 g/mol. The molecule has 0 spiro atoms. The van der Waals surface area contributed by atoms with Gasteiger partial charge in [-0.2, -0.15) is 0 Å². The molecule has 1 aliphatic rings. The van der Waals surface area contributed by atoms with Gasteiger partial charge in [0.2, 0.25) is 11.8 Å². The van der Waals surface area contributed by atoms with Crippen LogP contribution in [0.1, 0.15) is 30.4 Å². The first-order chi connectivity index (χ1) is 13.7. The third-order valence-electron chi connectivity index (χ3n) is 5.23. The van der Waals surface area contributed by atoms with Crippen molar-refractivity contribution in [3.63, 3.8) is 0 Å². The Morgan fingerprint density at radius 1 is 1.11 bits per heavy atom. The molecular formula is C23H28N2O2S. The van der Waals surface area contributed by atoms with E-state index in [2.05, 4.69) is 29.6 Å². The van der Waals surface area contributed by atoms with Crippen LogP contribution in [0.15, 0.2) is 59.5 Å². The van der Waals surface area contributed by atoms with Crippen molar-refractivity contribution in [2.45, 2.75) is 37.1 Å². The number of nitrogens with zero attached hydrogens (tertiary/aromatic N) is 1. The summed E-state index contributed by atoms with van der Waals surface area (Å²) < 4.78 is 0. The van der Waals surface area contributed by atoms with Gasteiger partial charge in [-0.15, -0.1) is 11.8 Å². The van der Waals surface area contributed by atoms with Crippen molar-refractivity contribution in [3.8, 4) is 0 Å². The molecule has 1 fully saturated rings. The second kappa shape index (κ2) is 10.3. The molecule has 5 heteroatoms. The van der Waals surface area contributed by atoms with Gasteiger partial charge in [0.25, 0.3) is 0 Å². The van der Waals surface area contributed by atoms with Crippen LogP contribution in [0.3, 0.4) is 0 Å². The number of benzene rings is 2. The second-order valence-electron chi connectivity index (χ2n) is 7.23. The predicted molar refractivity (Wildman–Crippen MR) is 114 cm³/mol. The van der Waals surface area contributed by atoms with Crippen molar-refractivity contribution < 1.29 is 9.59 Å². The summed E-state index contributed by atoms with van der Waals surface area (Å²) in [4.78, 5) is 27.9. The number of carbonyl (C=O) groups is 2. The van der Waals surface area contributed by atoms with Gasteiger partial charge in [-0.1, -0.05) is 42.5 Å². The van der Waals surface area contributed by atoms with E-state index in [0.29, 0.717) is 32.5 Å². The van der Waals surface area contributed by atoms with Crippen LogP contribution in [0.2, 0.25) is 0 Å². The van der Waals surface area contributed by atoms with Gasteiger partial charge >= 0.3 is 0 Å². The van der Waals surface area contributed by atoms with E-state index in [1.54, 1.807) is 11.8 Å². The summed E-state index contributed by atoms with van der Waals surface area (Å²) in [6.45, 7) is 1.78. The van der Waals surface area contributed by atoms with Crippen LogP contribution < -0.4 is 5.32 Å². The monoisotopic (exact) mass is 396 g/mol. The van der Waals surface area contributed by atoms with Crippen molar-refractivity contribution in [2.24, 2.45) is 5.92 Å². The standard InChI is InChI=1S/C23H28N2O2S/c1-28-21-12-9-19(10-13-21)16-24-23(27)20-11-14-22(26)25(17-20)15-5-8-18-6-3-2-4-7-18/h2-4,6-7,9-10,12-13,20H,5,8,11,14-17H2,1H3,(H,24,27)/t20-/m1/s1. The number of hydrogen-bond donors (Lipinski definition) is 1. The largest absolute Gasteiger partial charge is 0.352 e. The summed E-state index contributed by atoms with van der Waals surface area (Å²) in [7, 11) is 0. The lowest BCUT2D eigenvalue weighted by atomic mass is 9.96. The van der Waals surface area contributed by atoms with Crippen molar-refractivity contribution in [3.05, 3.63) is 65.7 Å². The number of carbonyl (C=O) groups excluding carboxylic acids is 2. The third kappa shape index (κ3) is 5.86. The van der Waals surface area contributed by atoms with Gasteiger partial charge in [-0.25, -0.2) is 0 Å². The number of nitrogens with one attached hydrogen (secondary N) is 1. The Balaban J connectivity index is 1.45. The molecule has 2 aromatic carbocycles. The second-order valence-corrected chi connectivity index (χ2v) is 8.11. The van der Waals surface area contributed by atoms with Crippen LogP contribution >= 0.6 is 11.8 Å². The van der Waals surface area contributed by atoms with Crippen LogP contribution in [0.4, 0.5) is 0 Å². The fourth-order valence-corrected chi connectivity index (χ4v) is 3.95. The summed E-state index contributed by atoms with van der Waals surface area (Å²) in [5.41, 5.74) is 2.38. The highest BCUT2D eigenvalue weighted by Gasteiger charge is 2.29. The third-order valence-corrected chi connectivity index (χ3v) is 5.98. The zero-order valence-electron chi connectivity index (χ0n) is 16.4. The van der Waals surface area contributed by atoms with Crippen LogP contribution in [0.5, 0.6) is 0 Å². The summed E-state index contributed by atoms with van der Waals surface area (Å²) in [6.07, 6.45) is 5.03. The molecule has 148 valence electrons. The van der Waals surface area contributed by atoms with E-state index in [1.165, 1.54) is 10.5 Å². The van der Waals surface area contributed by atoms with Gasteiger partial charge in [-0.05, 0) is 48.8 Å². The highest BCUT2D eigenvalue weighted by molar-refractivity contribution is 7.98. The lowest BCUT2D eigenvalue weighted by Gasteiger charge is -2.32. The lowest BCUT2D eigenvalue weighted by molar-refractivity contribution is -0.138. The first kappa shape index (κ1) is 20.5. The van der Waals surface area contributed by atoms with Crippen molar-refractivity contribution in [1.29, 1.82) is 0 Å². The summed E-state index contributed by atoms with van der Waals surface area (Å²) in [5, 5.41) is 3.04. The number of rotatable bonds is 8. The highest BCUT2D eigenvalue weighted by atomic mass is 32.2. The Morgan fingerprint density at radius 2 is 1.86 bits per heavy atom. The molecule has 0 unspecified atom stereocenters. The number of hydrogen-bond acceptors (Lipinski definition) is 3. The molecule has 2 aromatic rings. The van der Waals surface area contributed by atoms with Gasteiger partial charge in [0.15, 0.2) is 0 Å². The zero-order chi connectivity index (χ0) is 19.8. The normalized spacial score (nSPS) is 16.8. The first-order valence-electron chi connectivity index (χ1n) is 9.88. The van der Waals surface area contributed by atoms with Crippen LogP contribution in [0.25, 0.3) is 0 Å². The maximum Gasteiger partial charge on any atom is 0.225 e. The molecule has 0 aliphatic carbocycles. The molecule has 3 rings (SSSR count). The van der Waals surface area contributed by atoms with E-state index < -0.39 is 0 Å². The van der Waals surface area contributed by atoms with Crippen molar-refractivity contribution in [2.75, 3.05) is 19.3 Å². The summed E-state index contributed by atoms with van der Waals surface area (Å²) in [6, 6.07) is 18.5. The highest BCUT2D eigenvalue weighted by Crippen LogP contribution is 2.19. The molecule has 4 nitrogen and oxygen atoms in total. The minimum Gasteiger partial charge on any atom is -0.352 e. The molecule has 0 bridgehead atoms. The fraction of sp³-hybridized carbons (Fsp3) is 0.391. The van der Waals surface area contributed by atoms with Gasteiger partial charge in [0.05, 0.1) is 5.92 Å². The zero-order valence-corrected chi connectivity index (χ0v) is 17.2. The topological polar surface area (TPSA) is 49.4 Å². The van der Waals surface area contributed by atoms with Gasteiger partial charge in [-0.3, -0.25) is 9.59 Å². The Morgan fingerprint density at radius 3 is 2.57 bits per heavy atom. The molecule has 2 amide bonds. The molecule has 28 heavy (non-hydrogen) atoms. The van der Waals surface area contributed by atoms with E-state index in [9.17, 15) is 9.59 Å². The van der Waals surface area contributed by atoms with Crippen molar-refractivity contribution >= 4 is 23.6 Å². The van der Waals surface area contributed by atoms with Crippen LogP contribution in [-0.4, -0.2) is 36.1 Å². The maximum absolute atomic E-state index is 12.6. The Kier molecular flexibility index (Phi) is 7.54. The molecule has 1 saturated heterocycles. The van der Waals surface area contributed by atoms with E-state index in [0.717, 1.165) is 18.4 Å². The smallest absolute Gasteiger partial charge is 0.225 e. The van der Waals surface area contributed by atoms with Crippen molar-refractivity contribution in [1.82, 2.24) is 10.2 Å². The molecule has 0 saturated carbocycles. The minimum absolute atomic E-state index is 0.0505. The van der Waals surface area contributed by atoms with Gasteiger partial charge in [0, 0.05) is 31.0 Å². The fourth-order valence-electron chi connectivity index (χ4n) is 3.54. The van der Waals surface area contributed by atoms with Gasteiger partial charge < -0.3 is 10.2 Å². The molecule has 1 heterocycles. The minimum atomic E-state index is -0.111. The molecule has 1 N–H and O–H groups in total. The summed E-state index contributed by atoms with van der Waals surface area (Å²) >= 11 is 1.71. The van der Waals surface area contributed by atoms with Crippen LogP contribution in [-0.2, 0) is 22.6 Å². The molecular weight excluding hydrogens is 368 g/mol. The number of aryl methyl sites for hydroxylation is 1. The molecule has 0 radical (unpaired) electrons. The average Bonchev–Trinajstić information content (AvgIpc) is 2.74. The molecule has 0 aromatic heterocycles. The Hall–Kier alpha value is -2.27. The predicted octanol–water partition coefficient (Wildman–Crippen LogP) is 3.90. The molecule has 1 aliphatic heterocycles. The number of likely N-dealkylation sites (tertiary alicyclic amines) is 1. The quantitative estimate of drug-likeness (QED) is 0.689. The number of piperidine rings is 1. The number of amides is 2. The van der Waals surface area contributed by atoms with E-state index in [-0.39, 0.29) is 17.7 Å². The van der Waals surface area contributed by atoms with E-state index in [1.807, 2.05) is 41.5 Å². The maximum atomic E-state index is 12.6.